The third kappa shape index (κ3) is 7.53. The molecule has 1 aromatic heterocycles. The summed E-state index contributed by atoms with van der Waals surface area (Å²) < 4.78 is 54.4. The third-order valence-electron chi connectivity index (χ3n) is 3.14. The van der Waals surface area contributed by atoms with Gasteiger partial charge in [-0.25, -0.2) is 18.6 Å². The molecule has 2 amide bonds. The number of aliphatic carboxylic acids is 1. The number of urea groups is 1. The number of alkyl halides is 4. The summed E-state index contributed by atoms with van der Waals surface area (Å²) in [6.45, 7) is 1.70. The van der Waals surface area contributed by atoms with Crippen LogP contribution in [0.4, 0.5) is 28.0 Å². The van der Waals surface area contributed by atoms with Gasteiger partial charge in [0.2, 0.25) is 5.88 Å². The van der Waals surface area contributed by atoms with Crippen molar-refractivity contribution in [3.05, 3.63) is 18.3 Å². The van der Waals surface area contributed by atoms with Gasteiger partial charge in [0, 0.05) is 29.9 Å². The number of rotatable bonds is 9. The standard InChI is InChI=1S/C15H19F4N3O4/c1-14(2,5-3-11(23)24)22-13(25)21-9-4-6-20-10(7-9)26-8-15(18,19)12(16)17/h4,6-7,12H,3,5,8H2,1-2H3,(H,23,24)(H2,20,21,22,25). The molecule has 146 valence electrons. The van der Waals surface area contributed by atoms with Crippen molar-refractivity contribution in [1.82, 2.24) is 10.3 Å². The quantitative estimate of drug-likeness (QED) is 0.571. The molecule has 0 saturated carbocycles. The van der Waals surface area contributed by atoms with Gasteiger partial charge in [0.25, 0.3) is 0 Å². The van der Waals surface area contributed by atoms with Crippen LogP contribution in [-0.4, -0.2) is 46.6 Å². The fraction of sp³-hybridized carbons (Fsp3) is 0.533. The van der Waals surface area contributed by atoms with Gasteiger partial charge in [-0.2, -0.15) is 8.78 Å². The Labute approximate surface area is 146 Å². The molecule has 0 fully saturated rings. The zero-order chi connectivity index (χ0) is 20.0. The van der Waals surface area contributed by atoms with Crippen LogP contribution in [0, 0.1) is 0 Å². The molecule has 0 bridgehead atoms. The molecule has 0 aliphatic rings. The van der Waals surface area contributed by atoms with Gasteiger partial charge in [-0.1, -0.05) is 0 Å². The number of pyridine rings is 1. The zero-order valence-corrected chi connectivity index (χ0v) is 14.1. The molecular formula is C15H19F4N3O4. The highest BCUT2D eigenvalue weighted by atomic mass is 19.3. The second-order valence-corrected chi connectivity index (χ2v) is 6.09. The molecule has 26 heavy (non-hydrogen) atoms. The Morgan fingerprint density at radius 3 is 2.58 bits per heavy atom. The smallest absolute Gasteiger partial charge is 0.340 e. The summed E-state index contributed by atoms with van der Waals surface area (Å²) in [7, 11) is 0. The van der Waals surface area contributed by atoms with E-state index in [2.05, 4.69) is 20.4 Å². The first-order chi connectivity index (χ1) is 11.9. The highest BCUT2D eigenvalue weighted by Gasteiger charge is 2.41. The van der Waals surface area contributed by atoms with Crippen LogP contribution in [0.2, 0.25) is 0 Å². The number of nitrogens with zero attached hydrogens (tertiary/aromatic N) is 1. The van der Waals surface area contributed by atoms with E-state index in [0.717, 1.165) is 12.3 Å². The van der Waals surface area contributed by atoms with Gasteiger partial charge in [0.1, 0.15) is 0 Å². The van der Waals surface area contributed by atoms with Crippen LogP contribution < -0.4 is 15.4 Å². The summed E-state index contributed by atoms with van der Waals surface area (Å²) in [5.41, 5.74) is -0.685. The average molecular weight is 381 g/mol. The molecule has 0 aliphatic carbocycles. The van der Waals surface area contributed by atoms with Crippen LogP contribution in [0.1, 0.15) is 26.7 Å². The highest BCUT2D eigenvalue weighted by Crippen LogP contribution is 2.24. The van der Waals surface area contributed by atoms with E-state index in [1.54, 1.807) is 13.8 Å². The van der Waals surface area contributed by atoms with Gasteiger partial charge in [0.15, 0.2) is 6.61 Å². The number of carboxylic acid groups (broad SMARTS) is 1. The van der Waals surface area contributed by atoms with Gasteiger partial charge in [-0.05, 0) is 26.3 Å². The number of hydrogen-bond acceptors (Lipinski definition) is 4. The molecule has 0 spiro atoms. The van der Waals surface area contributed by atoms with Gasteiger partial charge < -0.3 is 20.5 Å². The number of ether oxygens (including phenoxy) is 1. The number of halogens is 4. The number of carbonyl (C=O) groups excluding carboxylic acids is 1. The monoisotopic (exact) mass is 381 g/mol. The van der Waals surface area contributed by atoms with E-state index in [0.29, 0.717) is 0 Å². The first kappa shape index (κ1) is 21.5. The first-order valence-corrected chi connectivity index (χ1v) is 7.47. The van der Waals surface area contributed by atoms with Crippen LogP contribution in [0.5, 0.6) is 5.88 Å². The zero-order valence-electron chi connectivity index (χ0n) is 14.1. The Bertz CT molecular complexity index is 641. The predicted molar refractivity (Wildman–Crippen MR) is 83.8 cm³/mol. The topological polar surface area (TPSA) is 101 Å². The van der Waals surface area contributed by atoms with E-state index < -0.39 is 36.5 Å². The van der Waals surface area contributed by atoms with E-state index >= 15 is 0 Å². The molecule has 1 heterocycles. The predicted octanol–water partition coefficient (Wildman–Crippen LogP) is 3.13. The molecule has 0 aliphatic heterocycles. The summed E-state index contributed by atoms with van der Waals surface area (Å²) in [5, 5.41) is 13.6. The SMILES string of the molecule is CC(C)(CCC(=O)O)NC(=O)Nc1ccnc(OCC(F)(F)C(F)F)c1. The van der Waals surface area contributed by atoms with Gasteiger partial charge in [-0.15, -0.1) is 0 Å². The third-order valence-corrected chi connectivity index (χ3v) is 3.14. The minimum Gasteiger partial charge on any atom is -0.481 e. The first-order valence-electron chi connectivity index (χ1n) is 7.47. The van der Waals surface area contributed by atoms with Crippen molar-refractivity contribution in [3.8, 4) is 5.88 Å². The second kappa shape index (κ2) is 8.68. The Balaban J connectivity index is 2.62. The lowest BCUT2D eigenvalue weighted by Gasteiger charge is -2.25. The molecule has 1 rings (SSSR count). The summed E-state index contributed by atoms with van der Waals surface area (Å²) in [5.74, 6) is -5.69. The van der Waals surface area contributed by atoms with E-state index in [1.165, 1.54) is 6.07 Å². The van der Waals surface area contributed by atoms with Crippen molar-refractivity contribution in [2.24, 2.45) is 0 Å². The molecule has 0 atom stereocenters. The minimum absolute atomic E-state index is 0.127. The van der Waals surface area contributed by atoms with E-state index in [4.69, 9.17) is 5.11 Å². The lowest BCUT2D eigenvalue weighted by Crippen LogP contribution is -2.45. The number of aromatic nitrogens is 1. The molecule has 0 saturated heterocycles. The molecule has 11 heteroatoms. The highest BCUT2D eigenvalue weighted by molar-refractivity contribution is 5.89. The van der Waals surface area contributed by atoms with Crippen molar-refractivity contribution in [2.45, 2.75) is 44.6 Å². The normalized spacial score (nSPS) is 12.0. The van der Waals surface area contributed by atoms with Crippen LogP contribution in [0.15, 0.2) is 18.3 Å². The van der Waals surface area contributed by atoms with Crippen LogP contribution >= 0.6 is 0 Å². The molecule has 0 radical (unpaired) electrons. The molecule has 3 N–H and O–H groups in total. The Morgan fingerprint density at radius 1 is 1.35 bits per heavy atom. The number of anilines is 1. The van der Waals surface area contributed by atoms with Gasteiger partial charge >= 0.3 is 24.3 Å². The Hall–Kier alpha value is -2.59. The molecule has 0 aromatic carbocycles. The molecule has 7 nitrogen and oxygen atoms in total. The number of amides is 2. The van der Waals surface area contributed by atoms with E-state index in [9.17, 15) is 27.2 Å². The second-order valence-electron chi connectivity index (χ2n) is 6.09. The number of carbonyl (C=O) groups is 2. The fourth-order valence-electron chi connectivity index (χ4n) is 1.75. The molecule has 0 unspecified atom stereocenters. The van der Waals surface area contributed by atoms with Crippen LogP contribution in [0.3, 0.4) is 0 Å². The van der Waals surface area contributed by atoms with Crippen molar-refractivity contribution in [1.29, 1.82) is 0 Å². The van der Waals surface area contributed by atoms with Crippen molar-refractivity contribution in [2.75, 3.05) is 11.9 Å². The molecular weight excluding hydrogens is 362 g/mol. The summed E-state index contributed by atoms with van der Waals surface area (Å²) in [4.78, 5) is 26.1. The minimum atomic E-state index is -4.32. The van der Waals surface area contributed by atoms with Crippen molar-refractivity contribution >= 4 is 17.7 Å². The Morgan fingerprint density at radius 2 is 2.00 bits per heavy atom. The van der Waals surface area contributed by atoms with Crippen LogP contribution in [0.25, 0.3) is 0 Å². The average Bonchev–Trinajstić information content (AvgIpc) is 2.51. The fourth-order valence-corrected chi connectivity index (χ4v) is 1.75. The number of carboxylic acids is 1. The maximum atomic E-state index is 12.8. The largest absolute Gasteiger partial charge is 0.481 e. The summed E-state index contributed by atoms with van der Waals surface area (Å²) in [6, 6.07) is 1.75. The maximum absolute atomic E-state index is 12.8. The maximum Gasteiger partial charge on any atom is 0.340 e. The van der Waals surface area contributed by atoms with E-state index in [-0.39, 0.29) is 24.4 Å². The van der Waals surface area contributed by atoms with Gasteiger partial charge in [-0.3, -0.25) is 4.79 Å². The summed E-state index contributed by atoms with van der Waals surface area (Å²) >= 11 is 0. The van der Waals surface area contributed by atoms with Crippen molar-refractivity contribution in [3.63, 3.8) is 0 Å². The number of hydrogen-bond donors (Lipinski definition) is 3. The lowest BCUT2D eigenvalue weighted by atomic mass is 9.99. The van der Waals surface area contributed by atoms with Crippen molar-refractivity contribution < 1.29 is 37.0 Å². The number of nitrogens with one attached hydrogen (secondary N) is 2. The summed E-state index contributed by atoms with van der Waals surface area (Å²) in [6.07, 6.45) is -2.69. The Kier molecular flexibility index (Phi) is 7.16. The van der Waals surface area contributed by atoms with Crippen LogP contribution in [-0.2, 0) is 4.79 Å². The van der Waals surface area contributed by atoms with Gasteiger partial charge in [0.05, 0.1) is 0 Å². The molecule has 1 aromatic rings. The lowest BCUT2D eigenvalue weighted by molar-refractivity contribution is -0.148. The van der Waals surface area contributed by atoms with E-state index in [1.807, 2.05) is 0 Å².